The zero-order valence-corrected chi connectivity index (χ0v) is 21.7. The number of hydrogen-bond donors (Lipinski definition) is 0. The summed E-state index contributed by atoms with van der Waals surface area (Å²) in [5.41, 5.74) is 0.248. The average molecular weight is 514 g/mol. The monoisotopic (exact) mass is 513 g/mol. The second kappa shape index (κ2) is 10.5. The summed E-state index contributed by atoms with van der Waals surface area (Å²) in [5.74, 6) is 0.0391. The molecule has 5 rings (SSSR count). The minimum absolute atomic E-state index is 0.0189. The molecule has 1 aromatic carbocycles. The molecular weight excluding hydrogens is 478 g/mol. The van der Waals surface area contributed by atoms with Crippen molar-refractivity contribution in [1.82, 2.24) is 13.8 Å². The molecule has 8 nitrogen and oxygen atoms in total. The number of benzene rings is 1. The number of amides is 1. The third kappa shape index (κ3) is 5.01. The van der Waals surface area contributed by atoms with Crippen LogP contribution in [-0.2, 0) is 21.8 Å². The summed E-state index contributed by atoms with van der Waals surface area (Å²) < 4.78 is 35.3. The molecule has 2 aliphatic heterocycles. The zero-order valence-electron chi connectivity index (χ0n) is 20.9. The van der Waals surface area contributed by atoms with Gasteiger partial charge in [-0.05, 0) is 69.1 Å². The highest BCUT2D eigenvalue weighted by molar-refractivity contribution is 7.89. The summed E-state index contributed by atoms with van der Waals surface area (Å²) in [6.45, 7) is 2.72. The number of hydrogen-bond acceptors (Lipinski definition) is 5. The van der Waals surface area contributed by atoms with Crippen LogP contribution in [0.1, 0.15) is 55.3 Å². The first-order chi connectivity index (χ1) is 17.3. The molecule has 2 saturated heterocycles. The zero-order chi connectivity index (χ0) is 25.3. The molecule has 0 saturated carbocycles. The van der Waals surface area contributed by atoms with Gasteiger partial charge in [0.1, 0.15) is 5.56 Å². The van der Waals surface area contributed by atoms with Crippen LogP contribution >= 0.6 is 0 Å². The Bertz CT molecular complexity index is 1320. The summed E-state index contributed by atoms with van der Waals surface area (Å²) >= 11 is 0. The Balaban J connectivity index is 1.51. The van der Waals surface area contributed by atoms with Crippen LogP contribution in [0.3, 0.4) is 0 Å². The van der Waals surface area contributed by atoms with E-state index in [-0.39, 0.29) is 27.9 Å². The van der Waals surface area contributed by atoms with Crippen LogP contribution in [0.15, 0.2) is 46.2 Å². The Morgan fingerprint density at radius 3 is 2.61 bits per heavy atom. The van der Waals surface area contributed by atoms with Crippen LogP contribution in [0, 0.1) is 5.92 Å². The van der Waals surface area contributed by atoms with Gasteiger partial charge in [0.25, 0.3) is 5.91 Å². The molecular formula is C27H35N3O5S. The minimum Gasteiger partial charge on any atom is -0.376 e. The highest BCUT2D eigenvalue weighted by Crippen LogP contribution is 2.25. The lowest BCUT2D eigenvalue weighted by molar-refractivity contribution is 0.0482. The molecule has 1 aliphatic carbocycles. The fourth-order valence-corrected chi connectivity index (χ4v) is 7.18. The molecule has 1 amide bonds. The van der Waals surface area contributed by atoms with Crippen molar-refractivity contribution in [3.63, 3.8) is 0 Å². The lowest BCUT2D eigenvalue weighted by atomic mass is 9.93. The minimum atomic E-state index is -3.68. The second-order valence-electron chi connectivity index (χ2n) is 10.3. The van der Waals surface area contributed by atoms with Crippen LogP contribution in [0.4, 0.5) is 0 Å². The molecule has 0 unspecified atom stereocenters. The van der Waals surface area contributed by atoms with Crippen molar-refractivity contribution in [3.05, 3.63) is 52.3 Å². The van der Waals surface area contributed by atoms with E-state index in [0.717, 1.165) is 44.9 Å². The fraction of sp³-hybridized carbons (Fsp3) is 0.556. The molecule has 0 bridgehead atoms. The van der Waals surface area contributed by atoms with Gasteiger partial charge >= 0.3 is 0 Å². The smallest absolute Gasteiger partial charge is 0.259 e. The molecule has 0 radical (unpaired) electrons. The second-order valence-corrected chi connectivity index (χ2v) is 12.2. The van der Waals surface area contributed by atoms with Gasteiger partial charge in [-0.15, -0.1) is 0 Å². The van der Waals surface area contributed by atoms with Crippen LogP contribution in [0.25, 0.3) is 10.9 Å². The normalized spacial score (nSPS) is 22.9. The Labute approximate surface area is 212 Å². The molecule has 1 aromatic heterocycles. The van der Waals surface area contributed by atoms with Gasteiger partial charge in [-0.2, -0.15) is 4.31 Å². The van der Waals surface area contributed by atoms with Crippen LogP contribution in [0.2, 0.25) is 0 Å². The number of carbonyl (C=O) groups excluding carboxylic acids is 1. The maximum atomic E-state index is 13.8. The summed E-state index contributed by atoms with van der Waals surface area (Å²) in [6, 6.07) is 4.65. The van der Waals surface area contributed by atoms with Crippen molar-refractivity contribution >= 4 is 26.8 Å². The highest BCUT2D eigenvalue weighted by atomic mass is 32.2. The van der Waals surface area contributed by atoms with E-state index in [2.05, 4.69) is 12.2 Å². The molecule has 3 heterocycles. The Hall–Kier alpha value is -2.49. The molecule has 0 N–H and O–H groups in total. The number of ether oxygens (including phenoxy) is 1. The maximum absolute atomic E-state index is 13.8. The van der Waals surface area contributed by atoms with E-state index in [1.165, 1.54) is 10.4 Å². The SMILES string of the molecule is Cn1cc(C(=O)N(C[C@@H]2CC=CCC2)C[C@H]2CCCO2)c(=O)c2cc(S(=O)(=O)N3CCCC3)ccc21. The maximum Gasteiger partial charge on any atom is 0.259 e. The number of pyridine rings is 1. The van der Waals surface area contributed by atoms with Gasteiger partial charge in [0.05, 0.1) is 16.5 Å². The largest absolute Gasteiger partial charge is 0.376 e. The fourth-order valence-electron chi connectivity index (χ4n) is 5.64. The Morgan fingerprint density at radius 1 is 1.11 bits per heavy atom. The first kappa shape index (κ1) is 25.2. The Kier molecular flexibility index (Phi) is 7.32. The Morgan fingerprint density at radius 2 is 1.92 bits per heavy atom. The van der Waals surface area contributed by atoms with Crippen LogP contribution in [-0.4, -0.2) is 67.0 Å². The standard InChI is InChI=1S/C27H35N3O5S/c1-28-19-24(27(32)29(18-21-10-7-15-35-21)17-20-8-3-2-4-9-20)26(31)23-16-22(11-12-25(23)28)36(33,34)30-13-5-6-14-30/h2-3,11-12,16,19-21H,4-10,13-15,17-18H2,1H3/t20-,21-/m1/s1. The molecule has 3 aliphatic rings. The number of aryl methyl sites for hydroxylation is 1. The van der Waals surface area contributed by atoms with Gasteiger partial charge in [-0.3, -0.25) is 9.59 Å². The van der Waals surface area contributed by atoms with Gasteiger partial charge < -0.3 is 14.2 Å². The topological polar surface area (TPSA) is 88.9 Å². The summed E-state index contributed by atoms with van der Waals surface area (Å²) in [5, 5.41) is 0.251. The van der Waals surface area contributed by atoms with Crippen molar-refractivity contribution < 1.29 is 17.9 Å². The van der Waals surface area contributed by atoms with E-state index < -0.39 is 15.5 Å². The molecule has 36 heavy (non-hydrogen) atoms. The predicted molar refractivity (Wildman–Crippen MR) is 139 cm³/mol. The number of carbonyl (C=O) groups is 1. The molecule has 2 aromatic rings. The van der Waals surface area contributed by atoms with Crippen molar-refractivity contribution in [2.45, 2.75) is 55.9 Å². The van der Waals surface area contributed by atoms with Crippen LogP contribution < -0.4 is 5.43 Å². The summed E-state index contributed by atoms with van der Waals surface area (Å²) in [4.78, 5) is 29.4. The number of aromatic nitrogens is 1. The van der Waals surface area contributed by atoms with Gasteiger partial charge in [0.2, 0.25) is 15.5 Å². The van der Waals surface area contributed by atoms with Gasteiger partial charge in [-0.25, -0.2) is 8.42 Å². The third-order valence-electron chi connectivity index (χ3n) is 7.68. The molecule has 2 atom stereocenters. The van der Waals surface area contributed by atoms with Gasteiger partial charge in [0.15, 0.2) is 0 Å². The molecule has 0 spiro atoms. The van der Waals surface area contributed by atoms with E-state index in [1.54, 1.807) is 34.8 Å². The third-order valence-corrected chi connectivity index (χ3v) is 9.58. The van der Waals surface area contributed by atoms with E-state index in [9.17, 15) is 18.0 Å². The van der Waals surface area contributed by atoms with E-state index in [1.807, 2.05) is 0 Å². The lowest BCUT2D eigenvalue weighted by Gasteiger charge is -2.30. The number of allylic oxidation sites excluding steroid dienone is 2. The van der Waals surface area contributed by atoms with Crippen molar-refractivity contribution in [2.24, 2.45) is 13.0 Å². The predicted octanol–water partition coefficient (Wildman–Crippen LogP) is 3.30. The van der Waals surface area contributed by atoms with Crippen molar-refractivity contribution in [2.75, 3.05) is 32.8 Å². The van der Waals surface area contributed by atoms with Gasteiger partial charge in [-0.1, -0.05) is 12.2 Å². The number of fused-ring (bicyclic) bond motifs is 1. The van der Waals surface area contributed by atoms with Crippen molar-refractivity contribution in [1.29, 1.82) is 0 Å². The summed E-state index contributed by atoms with van der Waals surface area (Å²) in [6.07, 6.45) is 12.4. The van der Waals surface area contributed by atoms with E-state index in [4.69, 9.17) is 4.74 Å². The number of sulfonamides is 1. The highest BCUT2D eigenvalue weighted by Gasteiger charge is 2.30. The van der Waals surface area contributed by atoms with Crippen LogP contribution in [0.5, 0.6) is 0 Å². The first-order valence-electron chi connectivity index (χ1n) is 13.0. The first-order valence-corrected chi connectivity index (χ1v) is 14.5. The molecule has 2 fully saturated rings. The lowest BCUT2D eigenvalue weighted by Crippen LogP contribution is -2.42. The van der Waals surface area contributed by atoms with E-state index in [0.29, 0.717) is 44.2 Å². The molecule has 9 heteroatoms. The molecule has 194 valence electrons. The summed E-state index contributed by atoms with van der Waals surface area (Å²) in [7, 11) is -1.90. The number of rotatable bonds is 7. The quantitative estimate of drug-likeness (QED) is 0.530. The van der Waals surface area contributed by atoms with E-state index >= 15 is 0 Å². The number of nitrogens with zero attached hydrogens (tertiary/aromatic N) is 3. The average Bonchev–Trinajstić information content (AvgIpc) is 3.61. The van der Waals surface area contributed by atoms with Crippen molar-refractivity contribution in [3.8, 4) is 0 Å². The van der Waals surface area contributed by atoms with Gasteiger partial charge in [0, 0.05) is 51.4 Å².